The van der Waals surface area contributed by atoms with Gasteiger partial charge in [-0.2, -0.15) is 0 Å². The van der Waals surface area contributed by atoms with Crippen LogP contribution in [0.4, 0.5) is 0 Å². The molecule has 1 atom stereocenters. The van der Waals surface area contributed by atoms with Crippen molar-refractivity contribution in [3.05, 3.63) is 21.9 Å². The van der Waals surface area contributed by atoms with E-state index >= 15 is 0 Å². The van der Waals surface area contributed by atoms with Crippen LogP contribution in [-0.4, -0.2) is 6.54 Å². The summed E-state index contributed by atoms with van der Waals surface area (Å²) in [7, 11) is 0. The van der Waals surface area contributed by atoms with Gasteiger partial charge >= 0.3 is 0 Å². The molecular weight excluding hydrogens is 202 g/mol. The zero-order valence-corrected chi connectivity index (χ0v) is 11.0. The van der Waals surface area contributed by atoms with Crippen molar-refractivity contribution in [1.82, 2.24) is 5.32 Å². The molecular formula is C13H23NS. The number of unbranched alkanes of at least 4 members (excludes halogenated alkanes) is 2. The van der Waals surface area contributed by atoms with Gasteiger partial charge in [0.1, 0.15) is 0 Å². The lowest BCUT2D eigenvalue weighted by atomic mass is 10.2. The van der Waals surface area contributed by atoms with E-state index in [1.54, 1.807) is 0 Å². The molecule has 0 aromatic carbocycles. The van der Waals surface area contributed by atoms with Gasteiger partial charge in [-0.05, 0) is 38.4 Å². The van der Waals surface area contributed by atoms with E-state index in [1.807, 2.05) is 11.3 Å². The van der Waals surface area contributed by atoms with Crippen LogP contribution in [-0.2, 0) is 6.42 Å². The van der Waals surface area contributed by atoms with Crippen LogP contribution in [0.2, 0.25) is 0 Å². The van der Waals surface area contributed by atoms with Crippen LogP contribution >= 0.6 is 11.3 Å². The Bertz CT molecular complexity index is 267. The number of thiophene rings is 1. The molecule has 0 bridgehead atoms. The summed E-state index contributed by atoms with van der Waals surface area (Å²) in [6.45, 7) is 7.87. The second-order valence-corrected chi connectivity index (χ2v) is 5.24. The van der Waals surface area contributed by atoms with Crippen LogP contribution in [0.3, 0.4) is 0 Å². The summed E-state index contributed by atoms with van der Waals surface area (Å²) in [5.41, 5.74) is 0. The van der Waals surface area contributed by atoms with E-state index < -0.39 is 0 Å². The molecule has 0 aliphatic rings. The number of hydrogen-bond acceptors (Lipinski definition) is 2. The third-order valence-electron chi connectivity index (χ3n) is 2.69. The zero-order chi connectivity index (χ0) is 11.1. The molecule has 0 radical (unpaired) electrons. The highest BCUT2D eigenvalue weighted by molar-refractivity contribution is 7.12. The first-order chi connectivity index (χ1) is 7.27. The fraction of sp³-hybridized carbons (Fsp3) is 0.692. The Balaban J connectivity index is 2.29. The molecule has 1 aromatic heterocycles. The molecule has 15 heavy (non-hydrogen) atoms. The van der Waals surface area contributed by atoms with Gasteiger partial charge in [-0.3, -0.25) is 0 Å². The summed E-state index contributed by atoms with van der Waals surface area (Å²) in [4.78, 5) is 2.97. The maximum atomic E-state index is 3.58. The predicted molar refractivity (Wildman–Crippen MR) is 69.6 cm³/mol. The van der Waals surface area contributed by atoms with Gasteiger partial charge in [-0.1, -0.05) is 26.7 Å². The second kappa shape index (κ2) is 7.02. The van der Waals surface area contributed by atoms with Crippen LogP contribution in [0.1, 0.15) is 55.8 Å². The van der Waals surface area contributed by atoms with Crippen LogP contribution in [0, 0.1) is 0 Å². The molecule has 2 heteroatoms. The number of rotatable bonds is 7. The van der Waals surface area contributed by atoms with Crippen molar-refractivity contribution in [2.75, 3.05) is 6.54 Å². The van der Waals surface area contributed by atoms with Gasteiger partial charge in [0.05, 0.1) is 0 Å². The molecule has 1 aromatic rings. The summed E-state index contributed by atoms with van der Waals surface area (Å²) >= 11 is 1.94. The molecule has 0 saturated carbocycles. The Morgan fingerprint density at radius 3 is 2.67 bits per heavy atom. The van der Waals surface area contributed by atoms with Gasteiger partial charge in [0.25, 0.3) is 0 Å². The van der Waals surface area contributed by atoms with E-state index in [2.05, 4.69) is 38.2 Å². The Hall–Kier alpha value is -0.340. The van der Waals surface area contributed by atoms with Gasteiger partial charge in [0.2, 0.25) is 0 Å². The topological polar surface area (TPSA) is 12.0 Å². The highest BCUT2D eigenvalue weighted by atomic mass is 32.1. The zero-order valence-electron chi connectivity index (χ0n) is 10.2. The van der Waals surface area contributed by atoms with E-state index in [9.17, 15) is 0 Å². The van der Waals surface area contributed by atoms with Crippen molar-refractivity contribution in [2.24, 2.45) is 0 Å². The Kier molecular flexibility index (Phi) is 5.96. The van der Waals surface area contributed by atoms with Crippen LogP contribution in [0.15, 0.2) is 12.1 Å². The Morgan fingerprint density at radius 1 is 1.27 bits per heavy atom. The first-order valence-electron chi connectivity index (χ1n) is 6.09. The molecule has 1 N–H and O–H groups in total. The minimum absolute atomic E-state index is 0.521. The smallest absolute Gasteiger partial charge is 0.0386 e. The first kappa shape index (κ1) is 12.7. The highest BCUT2D eigenvalue weighted by Gasteiger charge is 2.06. The minimum Gasteiger partial charge on any atom is -0.309 e. The normalized spacial score (nSPS) is 13.0. The van der Waals surface area contributed by atoms with Gasteiger partial charge in [-0.15, -0.1) is 11.3 Å². The average Bonchev–Trinajstić information content (AvgIpc) is 2.72. The molecule has 86 valence electrons. The Morgan fingerprint density at radius 2 is 2.07 bits per heavy atom. The summed E-state index contributed by atoms with van der Waals surface area (Å²) < 4.78 is 0. The number of nitrogens with one attached hydrogen (secondary N) is 1. The largest absolute Gasteiger partial charge is 0.309 e. The van der Waals surface area contributed by atoms with E-state index in [0.29, 0.717) is 6.04 Å². The van der Waals surface area contributed by atoms with Crippen LogP contribution in [0.5, 0.6) is 0 Å². The third kappa shape index (κ3) is 4.35. The monoisotopic (exact) mass is 225 g/mol. The van der Waals surface area contributed by atoms with Crippen molar-refractivity contribution in [3.8, 4) is 0 Å². The van der Waals surface area contributed by atoms with Gasteiger partial charge in [0.15, 0.2) is 0 Å². The lowest BCUT2D eigenvalue weighted by Crippen LogP contribution is -2.18. The SMILES string of the molecule is CCCCCNC(C)c1ccc(CC)s1. The van der Waals surface area contributed by atoms with Crippen molar-refractivity contribution in [3.63, 3.8) is 0 Å². The summed E-state index contributed by atoms with van der Waals surface area (Å²) in [5, 5.41) is 3.58. The summed E-state index contributed by atoms with van der Waals surface area (Å²) in [6, 6.07) is 5.04. The van der Waals surface area contributed by atoms with Crippen molar-refractivity contribution in [2.45, 2.75) is 52.5 Å². The first-order valence-corrected chi connectivity index (χ1v) is 6.91. The van der Waals surface area contributed by atoms with Crippen LogP contribution in [0.25, 0.3) is 0 Å². The lowest BCUT2D eigenvalue weighted by Gasteiger charge is -2.11. The molecule has 0 fully saturated rings. The summed E-state index contributed by atoms with van der Waals surface area (Å²) in [5.74, 6) is 0. The van der Waals surface area contributed by atoms with Crippen LogP contribution < -0.4 is 5.32 Å². The molecule has 0 amide bonds. The lowest BCUT2D eigenvalue weighted by molar-refractivity contribution is 0.549. The molecule has 0 aliphatic heterocycles. The quantitative estimate of drug-likeness (QED) is 0.687. The highest BCUT2D eigenvalue weighted by Crippen LogP contribution is 2.23. The fourth-order valence-electron chi connectivity index (χ4n) is 1.61. The van der Waals surface area contributed by atoms with E-state index in [1.165, 1.54) is 29.0 Å². The predicted octanol–water partition coefficient (Wildman–Crippen LogP) is 4.15. The minimum atomic E-state index is 0.521. The molecule has 0 aliphatic carbocycles. The average molecular weight is 225 g/mol. The van der Waals surface area contributed by atoms with E-state index in [0.717, 1.165) is 13.0 Å². The molecule has 0 saturated heterocycles. The standard InChI is InChI=1S/C13H23NS/c1-4-6-7-10-14-11(3)13-9-8-12(5-2)15-13/h8-9,11,14H,4-7,10H2,1-3H3. The molecule has 1 heterocycles. The molecule has 1 rings (SSSR count). The van der Waals surface area contributed by atoms with Crippen molar-refractivity contribution >= 4 is 11.3 Å². The van der Waals surface area contributed by atoms with E-state index in [4.69, 9.17) is 0 Å². The third-order valence-corrected chi connectivity index (χ3v) is 4.10. The van der Waals surface area contributed by atoms with Crippen molar-refractivity contribution in [1.29, 1.82) is 0 Å². The fourth-order valence-corrected chi connectivity index (χ4v) is 2.59. The maximum Gasteiger partial charge on any atom is 0.0386 e. The Labute approximate surface area is 97.9 Å². The van der Waals surface area contributed by atoms with E-state index in [-0.39, 0.29) is 0 Å². The molecule has 1 nitrogen and oxygen atoms in total. The molecule has 0 spiro atoms. The van der Waals surface area contributed by atoms with Gasteiger partial charge in [-0.25, -0.2) is 0 Å². The second-order valence-electron chi connectivity index (χ2n) is 4.04. The number of aryl methyl sites for hydroxylation is 1. The van der Waals surface area contributed by atoms with Gasteiger partial charge in [0, 0.05) is 15.8 Å². The molecule has 1 unspecified atom stereocenters. The van der Waals surface area contributed by atoms with Crippen molar-refractivity contribution < 1.29 is 0 Å². The number of hydrogen-bond donors (Lipinski definition) is 1. The van der Waals surface area contributed by atoms with Gasteiger partial charge < -0.3 is 5.32 Å². The summed E-state index contributed by atoms with van der Waals surface area (Å²) in [6.07, 6.45) is 5.10. The maximum absolute atomic E-state index is 3.58.